The van der Waals surface area contributed by atoms with Gasteiger partial charge in [-0.25, -0.2) is 0 Å². The van der Waals surface area contributed by atoms with Gasteiger partial charge in [0.05, 0.1) is 11.6 Å². The molecule has 2 aliphatic rings. The van der Waals surface area contributed by atoms with Crippen LogP contribution < -0.4 is 0 Å². The molecule has 1 N–H and O–H groups in total. The van der Waals surface area contributed by atoms with Crippen LogP contribution in [0.1, 0.15) is 18.4 Å². The Morgan fingerprint density at radius 2 is 1.95 bits per heavy atom. The van der Waals surface area contributed by atoms with Crippen LogP contribution in [0.15, 0.2) is 30.3 Å². The highest BCUT2D eigenvalue weighted by Crippen LogP contribution is 2.49. The molecule has 114 valence electrons. The maximum Gasteiger partial charge on any atom is 0.226 e. The summed E-state index contributed by atoms with van der Waals surface area (Å²) in [4.78, 5) is 14.4. The monoisotopic (exact) mass is 303 g/mol. The Balaban J connectivity index is 1.81. The molecule has 1 amide bonds. The summed E-state index contributed by atoms with van der Waals surface area (Å²) in [5.74, 6) is 0.282. The lowest BCUT2D eigenvalue weighted by atomic mass is 9.94. The average molecular weight is 303 g/mol. The Labute approximate surface area is 128 Å². The zero-order valence-electron chi connectivity index (χ0n) is 13.2. The third-order valence-corrected chi connectivity index (χ3v) is 6.44. The molecule has 1 unspecified atom stereocenters. The molecule has 3 atom stereocenters. The molecule has 21 heavy (non-hydrogen) atoms. The number of likely N-dealkylation sites (tertiary alicyclic amines) is 1. The van der Waals surface area contributed by atoms with E-state index >= 15 is 0 Å². The van der Waals surface area contributed by atoms with Crippen LogP contribution in [0.5, 0.6) is 0 Å². The standard InChI is InChI=1S/C17H25NO2Si/c1-21(2,3)12-17(20)10-14-9-15(17)18(16(14)19)11-13-7-5-4-6-8-13/h4-8,14-15,20H,9-12H2,1-3H3/t14-,15+,17?/m1/s1. The minimum absolute atomic E-state index is 0.0157. The van der Waals surface area contributed by atoms with Crippen LogP contribution in [0, 0.1) is 5.92 Å². The molecule has 0 radical (unpaired) electrons. The van der Waals surface area contributed by atoms with Crippen LogP contribution in [0.4, 0.5) is 0 Å². The number of nitrogens with zero attached hydrogens (tertiary/aromatic N) is 1. The summed E-state index contributed by atoms with van der Waals surface area (Å²) in [5, 5.41) is 11.1. The van der Waals surface area contributed by atoms with Crippen molar-refractivity contribution in [3.63, 3.8) is 0 Å². The Bertz CT molecular complexity index is 539. The smallest absolute Gasteiger partial charge is 0.226 e. The molecule has 0 aromatic heterocycles. The summed E-state index contributed by atoms with van der Waals surface area (Å²) in [6, 6.07) is 11.0. The van der Waals surface area contributed by atoms with Crippen molar-refractivity contribution < 1.29 is 9.90 Å². The van der Waals surface area contributed by atoms with Crippen LogP contribution in [-0.2, 0) is 11.3 Å². The van der Waals surface area contributed by atoms with Crippen molar-refractivity contribution in [1.82, 2.24) is 4.90 Å². The third-order valence-electron chi connectivity index (χ3n) is 4.77. The summed E-state index contributed by atoms with van der Waals surface area (Å²) in [6.07, 6.45) is 1.51. The van der Waals surface area contributed by atoms with E-state index in [1.807, 2.05) is 23.1 Å². The van der Waals surface area contributed by atoms with E-state index in [1.54, 1.807) is 0 Å². The highest BCUT2D eigenvalue weighted by molar-refractivity contribution is 6.76. The number of hydrogen-bond donors (Lipinski definition) is 1. The first-order chi connectivity index (χ1) is 9.78. The number of piperidine rings is 1. The summed E-state index contributed by atoms with van der Waals surface area (Å²) >= 11 is 0. The number of amides is 1. The first-order valence-electron chi connectivity index (χ1n) is 7.85. The van der Waals surface area contributed by atoms with Crippen LogP contribution >= 0.6 is 0 Å². The normalized spacial score (nSPS) is 32.0. The molecule has 1 aromatic rings. The fourth-order valence-electron chi connectivity index (χ4n) is 4.21. The molecule has 4 heteroatoms. The maximum atomic E-state index is 12.5. The van der Waals surface area contributed by atoms with E-state index in [2.05, 4.69) is 31.8 Å². The van der Waals surface area contributed by atoms with Gasteiger partial charge in [0.25, 0.3) is 0 Å². The fraction of sp³-hybridized carbons (Fsp3) is 0.588. The number of fused-ring (bicyclic) bond motifs is 2. The van der Waals surface area contributed by atoms with Crippen LogP contribution in [0.3, 0.4) is 0 Å². The van der Waals surface area contributed by atoms with Crippen LogP contribution in [0.2, 0.25) is 25.7 Å². The van der Waals surface area contributed by atoms with Gasteiger partial charge < -0.3 is 10.0 Å². The molecule has 1 saturated carbocycles. The summed E-state index contributed by atoms with van der Waals surface area (Å²) in [7, 11) is -1.36. The number of carbonyl (C=O) groups excluding carboxylic acids is 1. The van der Waals surface area contributed by atoms with Crippen LogP contribution in [-0.4, -0.2) is 35.6 Å². The lowest BCUT2D eigenvalue weighted by Gasteiger charge is -2.42. The lowest BCUT2D eigenvalue weighted by molar-refractivity contribution is -0.143. The largest absolute Gasteiger partial charge is 0.388 e. The van der Waals surface area contributed by atoms with Gasteiger partial charge in [0, 0.05) is 20.5 Å². The van der Waals surface area contributed by atoms with E-state index < -0.39 is 13.7 Å². The molecular formula is C17H25NO2Si. The zero-order chi connectivity index (χ0) is 15.3. The second-order valence-corrected chi connectivity index (χ2v) is 13.4. The minimum Gasteiger partial charge on any atom is -0.388 e. The quantitative estimate of drug-likeness (QED) is 0.869. The Morgan fingerprint density at radius 1 is 1.29 bits per heavy atom. The maximum absolute atomic E-state index is 12.5. The van der Waals surface area contributed by atoms with E-state index in [1.165, 1.54) is 0 Å². The fourth-order valence-corrected chi connectivity index (χ4v) is 6.42. The van der Waals surface area contributed by atoms with Crippen LogP contribution in [0.25, 0.3) is 0 Å². The molecule has 1 aromatic carbocycles. The summed E-state index contributed by atoms with van der Waals surface area (Å²) in [6.45, 7) is 7.51. The van der Waals surface area contributed by atoms with E-state index in [9.17, 15) is 9.90 Å². The average Bonchev–Trinajstić information content (AvgIpc) is 2.85. The SMILES string of the molecule is C[Si](C)(C)CC1(O)C[C@H]2C[C@@H]1N(Cc1ccccc1)C2=O. The Hall–Kier alpha value is -1.13. The number of rotatable bonds is 4. The van der Waals surface area contributed by atoms with Gasteiger partial charge in [0.1, 0.15) is 0 Å². The van der Waals surface area contributed by atoms with Gasteiger partial charge in [0.2, 0.25) is 5.91 Å². The summed E-state index contributed by atoms with van der Waals surface area (Å²) < 4.78 is 0. The molecule has 2 fully saturated rings. The number of carbonyl (C=O) groups is 1. The highest BCUT2D eigenvalue weighted by atomic mass is 28.3. The van der Waals surface area contributed by atoms with Gasteiger partial charge in [-0.05, 0) is 24.4 Å². The number of hydrogen-bond acceptors (Lipinski definition) is 2. The topological polar surface area (TPSA) is 40.5 Å². The lowest BCUT2D eigenvalue weighted by Crippen LogP contribution is -2.55. The zero-order valence-corrected chi connectivity index (χ0v) is 14.2. The third kappa shape index (κ3) is 2.79. The second kappa shape index (κ2) is 4.95. The van der Waals surface area contributed by atoms with Gasteiger partial charge in [0.15, 0.2) is 0 Å². The van der Waals surface area contributed by atoms with E-state index in [-0.39, 0.29) is 17.9 Å². The van der Waals surface area contributed by atoms with Gasteiger partial charge in [-0.3, -0.25) is 4.79 Å². The van der Waals surface area contributed by atoms with E-state index in [0.29, 0.717) is 13.0 Å². The van der Waals surface area contributed by atoms with Crippen molar-refractivity contribution in [3.05, 3.63) is 35.9 Å². The van der Waals surface area contributed by atoms with E-state index in [4.69, 9.17) is 0 Å². The Kier molecular flexibility index (Phi) is 3.49. The molecule has 3 rings (SSSR count). The van der Waals surface area contributed by atoms with Crippen molar-refractivity contribution >= 4 is 14.0 Å². The molecule has 1 heterocycles. The van der Waals surface area contributed by atoms with E-state index in [0.717, 1.165) is 18.0 Å². The van der Waals surface area contributed by atoms with Crippen molar-refractivity contribution in [2.24, 2.45) is 5.92 Å². The van der Waals surface area contributed by atoms with Crippen molar-refractivity contribution in [1.29, 1.82) is 0 Å². The van der Waals surface area contributed by atoms with Crippen molar-refractivity contribution in [2.45, 2.75) is 56.7 Å². The predicted molar refractivity (Wildman–Crippen MR) is 86.6 cm³/mol. The highest BCUT2D eigenvalue weighted by Gasteiger charge is 2.58. The molecule has 0 spiro atoms. The minimum atomic E-state index is -1.36. The summed E-state index contributed by atoms with van der Waals surface area (Å²) in [5.41, 5.74) is 0.492. The molecule has 1 aliphatic carbocycles. The molecule has 3 nitrogen and oxygen atoms in total. The Morgan fingerprint density at radius 3 is 2.52 bits per heavy atom. The molecule has 2 bridgehead atoms. The molecular weight excluding hydrogens is 278 g/mol. The first kappa shape index (κ1) is 14.8. The van der Waals surface area contributed by atoms with Crippen molar-refractivity contribution in [3.8, 4) is 0 Å². The first-order valence-corrected chi connectivity index (χ1v) is 11.6. The van der Waals surface area contributed by atoms with Gasteiger partial charge in [-0.1, -0.05) is 50.0 Å². The van der Waals surface area contributed by atoms with Gasteiger partial charge >= 0.3 is 0 Å². The molecule has 1 aliphatic heterocycles. The predicted octanol–water partition coefficient (Wildman–Crippen LogP) is 2.88. The number of aliphatic hydroxyl groups is 1. The van der Waals surface area contributed by atoms with Gasteiger partial charge in [-0.2, -0.15) is 0 Å². The molecule has 1 saturated heterocycles. The number of benzene rings is 1. The van der Waals surface area contributed by atoms with Crippen molar-refractivity contribution in [2.75, 3.05) is 0 Å². The van der Waals surface area contributed by atoms with Gasteiger partial charge in [-0.15, -0.1) is 0 Å². The second-order valence-electron chi connectivity index (χ2n) is 7.95.